The number of fused-ring (bicyclic) bond motifs is 6. The first kappa shape index (κ1) is 41.0. The average Bonchev–Trinajstić information content (AvgIpc) is 3.56. The van der Waals surface area contributed by atoms with Crippen molar-refractivity contribution in [3.05, 3.63) is 108 Å². The number of rotatable bonds is 8. The molecule has 0 spiro atoms. The van der Waals surface area contributed by atoms with Crippen molar-refractivity contribution < 1.29 is 42.9 Å². The lowest BCUT2D eigenvalue weighted by atomic mass is 9.83. The van der Waals surface area contributed by atoms with Gasteiger partial charge in [0.25, 0.3) is 0 Å². The van der Waals surface area contributed by atoms with E-state index in [0.717, 1.165) is 5.57 Å². The zero-order valence-electron chi connectivity index (χ0n) is 32.0. The quantitative estimate of drug-likeness (QED) is 0.0824. The van der Waals surface area contributed by atoms with Crippen LogP contribution < -0.4 is 0 Å². The summed E-state index contributed by atoms with van der Waals surface area (Å²) in [5, 5.41) is 0. The van der Waals surface area contributed by atoms with E-state index in [1.165, 1.54) is 0 Å². The Bertz CT molecular complexity index is 1540. The fourth-order valence-electron chi connectivity index (χ4n) is 7.53. The molecule has 53 heavy (non-hydrogen) atoms. The van der Waals surface area contributed by atoms with Gasteiger partial charge in [-0.15, -0.1) is 0 Å². The van der Waals surface area contributed by atoms with Gasteiger partial charge in [0.1, 0.15) is 17.8 Å². The molecule has 0 amide bonds. The van der Waals surface area contributed by atoms with E-state index in [1.54, 1.807) is 55.4 Å². The standard InChI is InChI=1S/C22H26O4.C13H12O.C9H16O4/c1-13(2)25-21(23)20(22(24)26-14(3)4)19-17-11-7-5-9-15(17)16-10-6-8-12-18(16)19;14-13-11-7-3-1-5-9(11)10-6-2-4-8-12(10)13;1-6(2)12-8(10)5-9(11)13-7(3)4/h5-18H,1-4H3;1-12H;6-7H,5H2,1-4H3. The molecule has 9 heteroatoms. The molecule has 0 bridgehead atoms. The van der Waals surface area contributed by atoms with E-state index in [0.29, 0.717) is 17.6 Å². The van der Waals surface area contributed by atoms with E-state index in [4.69, 9.17) is 18.9 Å². The molecule has 6 aliphatic carbocycles. The van der Waals surface area contributed by atoms with E-state index in [1.807, 2.05) is 48.6 Å². The highest BCUT2D eigenvalue weighted by molar-refractivity contribution is 6.15. The lowest BCUT2D eigenvalue weighted by molar-refractivity contribution is -0.159. The first-order valence-corrected chi connectivity index (χ1v) is 18.7. The van der Waals surface area contributed by atoms with Crippen molar-refractivity contribution in [2.75, 3.05) is 0 Å². The van der Waals surface area contributed by atoms with Gasteiger partial charge in [0.15, 0.2) is 0 Å². The van der Waals surface area contributed by atoms with E-state index in [2.05, 4.69) is 48.6 Å². The summed E-state index contributed by atoms with van der Waals surface area (Å²) in [7, 11) is 0. The molecule has 0 aromatic rings. The Balaban J connectivity index is 0.000000196. The van der Waals surface area contributed by atoms with Crippen LogP contribution in [-0.2, 0) is 42.9 Å². The van der Waals surface area contributed by atoms with Crippen molar-refractivity contribution in [1.82, 2.24) is 0 Å². The molecule has 284 valence electrons. The minimum absolute atomic E-state index is 0.00294. The zero-order valence-corrected chi connectivity index (χ0v) is 32.0. The molecule has 0 radical (unpaired) electrons. The van der Waals surface area contributed by atoms with Crippen LogP contribution in [0.15, 0.2) is 108 Å². The number of hydrogen-bond acceptors (Lipinski definition) is 9. The van der Waals surface area contributed by atoms with Crippen LogP contribution in [0.1, 0.15) is 61.8 Å². The molecule has 2 fully saturated rings. The third-order valence-corrected chi connectivity index (χ3v) is 9.38. The van der Waals surface area contributed by atoms with Crippen LogP contribution in [0.25, 0.3) is 0 Å². The number of esters is 4. The van der Waals surface area contributed by atoms with Gasteiger partial charge in [-0.25, -0.2) is 9.59 Å². The third-order valence-electron chi connectivity index (χ3n) is 9.38. The maximum absolute atomic E-state index is 12.8. The van der Waals surface area contributed by atoms with Gasteiger partial charge in [-0.2, -0.15) is 0 Å². The largest absolute Gasteiger partial charge is 0.463 e. The topological polar surface area (TPSA) is 122 Å². The SMILES string of the molecule is CC(C)OC(=O)C(C(=O)OC(C)C)=C1C2C=CC=CC2C2C=CC=CC12.CC(C)OC(=O)CC(=O)OC(C)C.O=C1C2C=CC=CC2C2C=CC=CC12. The highest BCUT2D eigenvalue weighted by atomic mass is 16.6. The van der Waals surface area contributed by atoms with Gasteiger partial charge in [-0.3, -0.25) is 14.4 Å². The number of ether oxygens (including phenoxy) is 4. The molecule has 6 rings (SSSR count). The minimum Gasteiger partial charge on any atom is -0.463 e. The highest BCUT2D eigenvalue weighted by Crippen LogP contribution is 2.52. The van der Waals surface area contributed by atoms with Gasteiger partial charge in [0, 0.05) is 23.7 Å². The predicted octanol–water partition coefficient (Wildman–Crippen LogP) is 7.48. The molecular formula is C44H54O9. The number of allylic oxidation sites excluding steroid dienone is 17. The Labute approximate surface area is 313 Å². The summed E-state index contributed by atoms with van der Waals surface area (Å²) in [6, 6.07) is 0. The Morgan fingerprint density at radius 3 is 1.06 bits per heavy atom. The van der Waals surface area contributed by atoms with Crippen molar-refractivity contribution >= 4 is 29.7 Å². The molecule has 0 aromatic heterocycles. The summed E-state index contributed by atoms with van der Waals surface area (Å²) >= 11 is 0. The number of hydrogen-bond donors (Lipinski definition) is 0. The second-order valence-electron chi connectivity index (χ2n) is 14.9. The lowest BCUT2D eigenvalue weighted by Gasteiger charge is -2.21. The molecule has 0 heterocycles. The molecule has 0 aliphatic heterocycles. The van der Waals surface area contributed by atoms with Crippen LogP contribution in [0.3, 0.4) is 0 Å². The van der Waals surface area contributed by atoms with Crippen molar-refractivity contribution in [3.63, 3.8) is 0 Å². The van der Waals surface area contributed by atoms with E-state index < -0.39 is 23.9 Å². The third kappa shape index (κ3) is 10.6. The second kappa shape index (κ2) is 18.8. The molecule has 8 atom stereocenters. The fourth-order valence-corrected chi connectivity index (χ4v) is 7.53. The summed E-state index contributed by atoms with van der Waals surface area (Å²) in [5.74, 6) is -0.361. The Hall–Kier alpha value is -4.79. The summed E-state index contributed by atoms with van der Waals surface area (Å²) in [6.07, 6.45) is 31.7. The average molecular weight is 727 g/mol. The Morgan fingerprint density at radius 2 is 0.736 bits per heavy atom. The van der Waals surface area contributed by atoms with Crippen LogP contribution >= 0.6 is 0 Å². The van der Waals surface area contributed by atoms with Crippen LogP contribution in [0.2, 0.25) is 0 Å². The monoisotopic (exact) mass is 726 g/mol. The lowest BCUT2D eigenvalue weighted by Crippen LogP contribution is -2.27. The Morgan fingerprint density at radius 1 is 0.453 bits per heavy atom. The molecule has 0 N–H and O–H groups in total. The molecule has 0 aromatic carbocycles. The normalized spacial score (nSPS) is 27.7. The number of Topliss-reactive ketones (excluding diaryl/α,β-unsaturated/α-hetero) is 1. The van der Waals surface area contributed by atoms with Gasteiger partial charge in [-0.1, -0.05) is 97.2 Å². The van der Waals surface area contributed by atoms with Crippen molar-refractivity contribution in [2.24, 2.45) is 47.3 Å². The number of carbonyl (C=O) groups is 5. The first-order chi connectivity index (χ1) is 25.2. The van der Waals surface area contributed by atoms with Crippen LogP contribution in [-0.4, -0.2) is 54.1 Å². The molecule has 8 unspecified atom stereocenters. The van der Waals surface area contributed by atoms with Crippen LogP contribution in [0.4, 0.5) is 0 Å². The maximum Gasteiger partial charge on any atom is 0.345 e. The van der Waals surface area contributed by atoms with Gasteiger partial charge in [0.2, 0.25) is 0 Å². The predicted molar refractivity (Wildman–Crippen MR) is 203 cm³/mol. The summed E-state index contributed by atoms with van der Waals surface area (Å²) in [5.41, 5.74) is 0.882. The van der Waals surface area contributed by atoms with Crippen LogP contribution in [0.5, 0.6) is 0 Å². The first-order valence-electron chi connectivity index (χ1n) is 18.7. The number of carbonyl (C=O) groups excluding carboxylic acids is 5. The summed E-state index contributed by atoms with van der Waals surface area (Å²) in [6.45, 7) is 14.0. The van der Waals surface area contributed by atoms with Crippen molar-refractivity contribution in [1.29, 1.82) is 0 Å². The Kier molecular flexibility index (Phi) is 14.5. The van der Waals surface area contributed by atoms with Gasteiger partial charge in [-0.05, 0) is 84.6 Å². The maximum atomic E-state index is 12.8. The summed E-state index contributed by atoms with van der Waals surface area (Å²) in [4.78, 5) is 59.5. The molecule has 0 saturated heterocycles. The zero-order chi connectivity index (χ0) is 38.8. The second-order valence-corrected chi connectivity index (χ2v) is 14.9. The van der Waals surface area contributed by atoms with Crippen molar-refractivity contribution in [3.8, 4) is 0 Å². The van der Waals surface area contributed by atoms with Crippen molar-refractivity contribution in [2.45, 2.75) is 86.2 Å². The minimum atomic E-state index is -0.592. The van der Waals surface area contributed by atoms with E-state index >= 15 is 0 Å². The fraction of sp³-hybridized carbons (Fsp3) is 0.477. The van der Waals surface area contributed by atoms with Gasteiger partial charge in [0.05, 0.1) is 24.4 Å². The smallest absolute Gasteiger partial charge is 0.345 e. The van der Waals surface area contributed by atoms with Crippen LogP contribution in [0, 0.1) is 47.3 Å². The van der Waals surface area contributed by atoms with Gasteiger partial charge < -0.3 is 18.9 Å². The van der Waals surface area contributed by atoms with Gasteiger partial charge >= 0.3 is 23.9 Å². The van der Waals surface area contributed by atoms with E-state index in [9.17, 15) is 24.0 Å². The molecule has 6 aliphatic rings. The molecule has 9 nitrogen and oxygen atoms in total. The highest BCUT2D eigenvalue weighted by Gasteiger charge is 2.48. The molecule has 2 saturated carbocycles. The summed E-state index contributed by atoms with van der Waals surface area (Å²) < 4.78 is 20.3. The van der Waals surface area contributed by atoms with E-state index in [-0.39, 0.29) is 71.9 Å². The number of ketones is 1. The molecular weight excluding hydrogens is 672 g/mol.